The summed E-state index contributed by atoms with van der Waals surface area (Å²) in [5.41, 5.74) is 1.29. The Morgan fingerprint density at radius 3 is 2.52 bits per heavy atom. The molecule has 3 heteroatoms. The molecule has 21 heavy (non-hydrogen) atoms. The predicted octanol–water partition coefficient (Wildman–Crippen LogP) is 3.90. The van der Waals surface area contributed by atoms with E-state index < -0.39 is 11.4 Å². The fraction of sp³-hybridized carbons (Fsp3) is 0.611. The zero-order valence-electron chi connectivity index (χ0n) is 13.3. The molecule has 0 atom stereocenters. The minimum Gasteiger partial charge on any atom is -0.481 e. The zero-order valence-corrected chi connectivity index (χ0v) is 13.3. The topological polar surface area (TPSA) is 46.5 Å². The smallest absolute Gasteiger partial charge is 0.314 e. The lowest BCUT2D eigenvalue weighted by atomic mass is 9.68. The minimum absolute atomic E-state index is 0.112. The molecule has 0 aliphatic heterocycles. The summed E-state index contributed by atoms with van der Waals surface area (Å²) < 4.78 is 5.30. The van der Waals surface area contributed by atoms with Crippen molar-refractivity contribution in [3.63, 3.8) is 0 Å². The third-order valence-corrected chi connectivity index (χ3v) is 4.82. The molecule has 0 bridgehead atoms. The highest BCUT2D eigenvalue weighted by Crippen LogP contribution is 2.41. The first-order chi connectivity index (χ1) is 9.92. The molecular formula is C18H26O3. The van der Waals surface area contributed by atoms with Crippen molar-refractivity contribution in [2.24, 2.45) is 0 Å². The van der Waals surface area contributed by atoms with Gasteiger partial charge in [-0.05, 0) is 24.0 Å². The molecule has 1 aromatic rings. The van der Waals surface area contributed by atoms with Gasteiger partial charge in [0, 0.05) is 12.5 Å². The van der Waals surface area contributed by atoms with E-state index >= 15 is 0 Å². The standard InChI is InChI=1S/C18H26O3/c1-17(2,13-21-3)14-8-7-9-15(12-14)18(16(19)20)10-5-4-6-11-18/h7-9,12H,4-6,10-11,13H2,1-3H3,(H,19,20). The minimum atomic E-state index is -0.697. The maximum Gasteiger partial charge on any atom is 0.314 e. The lowest BCUT2D eigenvalue weighted by molar-refractivity contribution is -0.145. The van der Waals surface area contributed by atoms with Gasteiger partial charge in [0.25, 0.3) is 0 Å². The van der Waals surface area contributed by atoms with E-state index in [-0.39, 0.29) is 5.41 Å². The highest BCUT2D eigenvalue weighted by Gasteiger charge is 2.41. The lowest BCUT2D eigenvalue weighted by Crippen LogP contribution is -2.38. The van der Waals surface area contributed by atoms with Gasteiger partial charge in [0.2, 0.25) is 0 Å². The molecule has 1 aromatic carbocycles. The van der Waals surface area contributed by atoms with Gasteiger partial charge in [0.15, 0.2) is 0 Å². The maximum absolute atomic E-state index is 11.9. The van der Waals surface area contributed by atoms with Gasteiger partial charge in [-0.2, -0.15) is 0 Å². The van der Waals surface area contributed by atoms with Crippen LogP contribution in [0.25, 0.3) is 0 Å². The molecule has 1 aliphatic carbocycles. The molecule has 3 nitrogen and oxygen atoms in total. The summed E-state index contributed by atoms with van der Waals surface area (Å²) in [5, 5.41) is 9.81. The number of methoxy groups -OCH3 is 1. The Balaban J connectivity index is 2.41. The van der Waals surface area contributed by atoms with E-state index in [1.807, 2.05) is 12.1 Å². The van der Waals surface area contributed by atoms with Gasteiger partial charge in [0.05, 0.1) is 12.0 Å². The van der Waals surface area contributed by atoms with Crippen LogP contribution in [-0.4, -0.2) is 24.8 Å². The molecule has 1 fully saturated rings. The Labute approximate surface area is 127 Å². The number of aliphatic carboxylic acids is 1. The average molecular weight is 290 g/mol. The van der Waals surface area contributed by atoms with Crippen LogP contribution in [-0.2, 0) is 20.4 Å². The molecular weight excluding hydrogens is 264 g/mol. The summed E-state index contributed by atoms with van der Waals surface area (Å²) in [4.78, 5) is 11.9. The third-order valence-electron chi connectivity index (χ3n) is 4.82. The maximum atomic E-state index is 11.9. The molecule has 0 amide bonds. The zero-order chi connectivity index (χ0) is 15.5. The van der Waals surface area contributed by atoms with Gasteiger partial charge in [-0.25, -0.2) is 0 Å². The Bertz CT molecular complexity index is 499. The number of ether oxygens (including phenoxy) is 1. The molecule has 1 aliphatic rings. The molecule has 0 heterocycles. The molecule has 2 rings (SSSR count). The van der Waals surface area contributed by atoms with Crippen molar-refractivity contribution in [2.75, 3.05) is 13.7 Å². The largest absolute Gasteiger partial charge is 0.481 e. The fourth-order valence-electron chi connectivity index (χ4n) is 3.46. The number of hydrogen-bond acceptors (Lipinski definition) is 2. The van der Waals surface area contributed by atoms with Gasteiger partial charge >= 0.3 is 5.97 Å². The van der Waals surface area contributed by atoms with E-state index in [9.17, 15) is 9.90 Å². The van der Waals surface area contributed by atoms with Crippen LogP contribution in [0.3, 0.4) is 0 Å². The summed E-state index contributed by atoms with van der Waals surface area (Å²) in [6, 6.07) is 8.12. The molecule has 0 unspecified atom stereocenters. The Morgan fingerprint density at radius 1 is 1.29 bits per heavy atom. The lowest BCUT2D eigenvalue weighted by Gasteiger charge is -2.35. The normalized spacial score (nSPS) is 18.4. The quantitative estimate of drug-likeness (QED) is 0.894. The van der Waals surface area contributed by atoms with E-state index in [2.05, 4.69) is 26.0 Å². The van der Waals surface area contributed by atoms with E-state index in [4.69, 9.17) is 4.74 Å². The van der Waals surface area contributed by atoms with E-state index in [0.717, 1.165) is 43.2 Å². The molecule has 0 radical (unpaired) electrons. The SMILES string of the molecule is COCC(C)(C)c1cccc(C2(C(=O)O)CCCCC2)c1. The van der Waals surface area contributed by atoms with Crippen LogP contribution >= 0.6 is 0 Å². The van der Waals surface area contributed by atoms with E-state index in [1.54, 1.807) is 7.11 Å². The van der Waals surface area contributed by atoms with Gasteiger partial charge in [0.1, 0.15) is 0 Å². The van der Waals surface area contributed by atoms with Crippen LogP contribution in [0.5, 0.6) is 0 Å². The Morgan fingerprint density at radius 2 is 1.95 bits per heavy atom. The van der Waals surface area contributed by atoms with Crippen molar-refractivity contribution in [1.82, 2.24) is 0 Å². The van der Waals surface area contributed by atoms with E-state index in [1.165, 1.54) is 0 Å². The van der Waals surface area contributed by atoms with E-state index in [0.29, 0.717) is 6.61 Å². The Kier molecular flexibility index (Phi) is 4.72. The first-order valence-corrected chi connectivity index (χ1v) is 7.76. The van der Waals surface area contributed by atoms with Crippen LogP contribution in [0.2, 0.25) is 0 Å². The van der Waals surface area contributed by atoms with Crippen LogP contribution in [0.4, 0.5) is 0 Å². The number of rotatable bonds is 5. The summed E-state index contributed by atoms with van der Waals surface area (Å²) in [5.74, 6) is -0.677. The Hall–Kier alpha value is -1.35. The molecule has 1 N–H and O–H groups in total. The van der Waals surface area contributed by atoms with Crippen LogP contribution in [0.1, 0.15) is 57.1 Å². The van der Waals surface area contributed by atoms with Crippen molar-refractivity contribution < 1.29 is 14.6 Å². The molecule has 0 spiro atoms. The monoisotopic (exact) mass is 290 g/mol. The number of carboxylic acids is 1. The number of hydrogen-bond donors (Lipinski definition) is 1. The van der Waals surface area contributed by atoms with Crippen LogP contribution in [0.15, 0.2) is 24.3 Å². The first-order valence-electron chi connectivity index (χ1n) is 7.76. The van der Waals surface area contributed by atoms with Gasteiger partial charge < -0.3 is 9.84 Å². The molecule has 116 valence electrons. The highest BCUT2D eigenvalue weighted by molar-refractivity contribution is 5.81. The van der Waals surface area contributed by atoms with Crippen molar-refractivity contribution in [3.05, 3.63) is 35.4 Å². The fourth-order valence-corrected chi connectivity index (χ4v) is 3.46. The molecule has 1 saturated carbocycles. The van der Waals surface area contributed by atoms with Crippen LogP contribution < -0.4 is 0 Å². The van der Waals surface area contributed by atoms with Crippen molar-refractivity contribution in [2.45, 2.75) is 56.8 Å². The van der Waals surface area contributed by atoms with Gasteiger partial charge in [-0.3, -0.25) is 4.79 Å². The molecule has 0 aromatic heterocycles. The summed E-state index contributed by atoms with van der Waals surface area (Å²) in [7, 11) is 1.70. The second-order valence-electron chi connectivity index (χ2n) is 6.85. The molecule has 0 saturated heterocycles. The third kappa shape index (κ3) is 3.13. The van der Waals surface area contributed by atoms with Crippen molar-refractivity contribution >= 4 is 5.97 Å². The predicted molar refractivity (Wildman–Crippen MR) is 83.7 cm³/mol. The number of carboxylic acid groups (broad SMARTS) is 1. The average Bonchev–Trinajstić information content (AvgIpc) is 2.48. The highest BCUT2D eigenvalue weighted by atomic mass is 16.5. The first kappa shape index (κ1) is 16.0. The summed E-state index contributed by atoms with van der Waals surface area (Å²) >= 11 is 0. The van der Waals surface area contributed by atoms with Crippen molar-refractivity contribution in [1.29, 1.82) is 0 Å². The second-order valence-corrected chi connectivity index (χ2v) is 6.85. The van der Waals surface area contributed by atoms with Gasteiger partial charge in [-0.15, -0.1) is 0 Å². The second kappa shape index (κ2) is 6.18. The summed E-state index contributed by atoms with van der Waals surface area (Å²) in [6.45, 7) is 4.88. The summed E-state index contributed by atoms with van der Waals surface area (Å²) in [6.07, 6.45) is 4.63. The van der Waals surface area contributed by atoms with Crippen LogP contribution in [0, 0.1) is 0 Å². The van der Waals surface area contributed by atoms with Crippen molar-refractivity contribution in [3.8, 4) is 0 Å². The van der Waals surface area contributed by atoms with Gasteiger partial charge in [-0.1, -0.05) is 57.4 Å². The number of carbonyl (C=O) groups is 1. The number of benzene rings is 1.